The Labute approximate surface area is 359 Å². The fourth-order valence-electron chi connectivity index (χ4n) is 9.31. The van der Waals surface area contributed by atoms with Gasteiger partial charge in [0.05, 0.1) is 54.9 Å². The molecule has 0 aliphatic carbocycles. The zero-order valence-electron chi connectivity index (χ0n) is 35.2. The molecule has 1 fully saturated rings. The lowest BCUT2D eigenvalue weighted by molar-refractivity contribution is -0.134. The van der Waals surface area contributed by atoms with Crippen LogP contribution in [0.5, 0.6) is 0 Å². The van der Waals surface area contributed by atoms with Crippen LogP contribution in [0.15, 0.2) is 91.1 Å². The molecule has 3 aliphatic rings. The molecule has 318 valence electrons. The van der Waals surface area contributed by atoms with Gasteiger partial charge in [-0.25, -0.2) is 19.6 Å². The van der Waals surface area contributed by atoms with Crippen molar-refractivity contribution in [2.45, 2.75) is 76.5 Å². The van der Waals surface area contributed by atoms with E-state index < -0.39 is 24.3 Å². The number of benzene rings is 4. The lowest BCUT2D eigenvalue weighted by atomic mass is 9.99. The Kier molecular flexibility index (Phi) is 11.0. The highest BCUT2D eigenvalue weighted by atomic mass is 16.5. The normalized spacial score (nSPS) is 18.7. The third-order valence-electron chi connectivity index (χ3n) is 12.4. The number of hydrogen-bond acceptors (Lipinski definition) is 8. The standard InChI is InChI=1S/C48H50N8O6/c1-27(2)23-38(54-48(60)62-4)45(57)55-22-6-9-40(55)43-49-26-39(52-43)31-16-14-29(15-17-31)28-10-12-30(13-11-28)33-19-20-35-37(24-33)51-44(50-35)41-25-34-8-5-7-32-18-21-36(53-47(59)61-3)46(58)56(41)42(32)34/h5,7-8,10-17,19-20,24,26-27,36,38,40-41H,6,9,18,21-23,25H2,1-4H3,(H,49,52)(H,50,51)(H,53,59)(H,54,60). The van der Waals surface area contributed by atoms with E-state index in [1.54, 1.807) is 0 Å². The van der Waals surface area contributed by atoms with Gasteiger partial charge in [-0.1, -0.05) is 86.6 Å². The molecule has 4 N–H and O–H groups in total. The molecular formula is C48H50N8O6. The molecule has 0 spiro atoms. The first-order chi connectivity index (χ1) is 30.1. The van der Waals surface area contributed by atoms with E-state index in [9.17, 15) is 19.2 Å². The van der Waals surface area contributed by atoms with Crippen molar-refractivity contribution in [3.63, 3.8) is 0 Å². The SMILES string of the molecule is COC(=O)NC(CC(C)C)C(=O)N1CCCC1c1ncc(-c2ccc(-c3ccc(-c4ccc5nc(C6Cc7cccc8c7N6C(=O)C(NC(=O)OC)CC8)[nH]c5c4)cc3)cc2)[nH]1. The summed E-state index contributed by atoms with van der Waals surface area (Å²) in [6.45, 7) is 4.65. The summed E-state index contributed by atoms with van der Waals surface area (Å²) in [6.07, 6.45) is 4.50. The number of nitrogens with one attached hydrogen (secondary N) is 4. The average molecular weight is 835 g/mol. The molecule has 4 aromatic carbocycles. The van der Waals surface area contributed by atoms with Crippen molar-refractivity contribution >= 4 is 40.7 Å². The number of carbonyl (C=O) groups excluding carboxylic acids is 4. The highest BCUT2D eigenvalue weighted by Crippen LogP contribution is 2.45. The Morgan fingerprint density at radius 3 is 2.19 bits per heavy atom. The molecule has 14 heteroatoms. The van der Waals surface area contributed by atoms with E-state index in [-0.39, 0.29) is 29.8 Å². The van der Waals surface area contributed by atoms with Gasteiger partial charge < -0.3 is 35.0 Å². The van der Waals surface area contributed by atoms with Crippen LogP contribution < -0.4 is 15.5 Å². The minimum absolute atomic E-state index is 0.122. The minimum atomic E-state index is -0.703. The van der Waals surface area contributed by atoms with Crippen LogP contribution in [0.4, 0.5) is 15.3 Å². The summed E-state index contributed by atoms with van der Waals surface area (Å²) >= 11 is 0. The van der Waals surface area contributed by atoms with Crippen molar-refractivity contribution in [3.8, 4) is 33.5 Å². The number of anilines is 1. The maximum Gasteiger partial charge on any atom is 0.407 e. The number of para-hydroxylation sites is 1. The maximum absolute atomic E-state index is 14.0. The van der Waals surface area contributed by atoms with Gasteiger partial charge in [-0.3, -0.25) is 14.5 Å². The van der Waals surface area contributed by atoms with Crippen LogP contribution in [-0.2, 0) is 31.9 Å². The summed E-state index contributed by atoms with van der Waals surface area (Å²) in [5.74, 6) is 1.35. The van der Waals surface area contributed by atoms with Gasteiger partial charge in [0.2, 0.25) is 11.8 Å². The number of nitrogens with zero attached hydrogens (tertiary/aromatic N) is 4. The molecule has 0 radical (unpaired) electrons. The number of ether oxygens (including phenoxy) is 2. The van der Waals surface area contributed by atoms with Gasteiger partial charge in [-0.2, -0.15) is 0 Å². The summed E-state index contributed by atoms with van der Waals surface area (Å²) < 4.78 is 9.63. The second-order valence-electron chi connectivity index (χ2n) is 16.8. The number of aromatic nitrogens is 4. The molecule has 14 nitrogen and oxygen atoms in total. The van der Waals surface area contributed by atoms with E-state index in [4.69, 9.17) is 19.4 Å². The van der Waals surface area contributed by atoms with E-state index in [2.05, 4.69) is 93.4 Å². The topological polar surface area (TPSA) is 175 Å². The molecule has 4 unspecified atom stereocenters. The molecular weight excluding hydrogens is 785 g/mol. The highest BCUT2D eigenvalue weighted by Gasteiger charge is 2.43. The van der Waals surface area contributed by atoms with E-state index in [0.29, 0.717) is 38.1 Å². The summed E-state index contributed by atoms with van der Waals surface area (Å²) in [5, 5.41) is 5.48. The van der Waals surface area contributed by atoms with E-state index in [0.717, 1.165) is 80.0 Å². The summed E-state index contributed by atoms with van der Waals surface area (Å²) in [4.78, 5) is 72.2. The molecule has 4 atom stereocenters. The lowest BCUT2D eigenvalue weighted by Crippen LogP contribution is -2.49. The van der Waals surface area contributed by atoms with Gasteiger partial charge in [0.15, 0.2) is 0 Å². The van der Waals surface area contributed by atoms with Crippen LogP contribution in [0.25, 0.3) is 44.5 Å². The fourth-order valence-corrected chi connectivity index (χ4v) is 9.31. The van der Waals surface area contributed by atoms with Crippen molar-refractivity contribution in [1.82, 2.24) is 35.5 Å². The molecule has 0 bridgehead atoms. The maximum atomic E-state index is 14.0. The van der Waals surface area contributed by atoms with Crippen LogP contribution in [0.2, 0.25) is 0 Å². The number of hydrogen-bond donors (Lipinski definition) is 4. The second-order valence-corrected chi connectivity index (χ2v) is 16.8. The third kappa shape index (κ3) is 7.76. The summed E-state index contributed by atoms with van der Waals surface area (Å²) in [7, 11) is 2.60. The molecule has 1 saturated heterocycles. The molecule has 3 aliphatic heterocycles. The predicted molar refractivity (Wildman–Crippen MR) is 235 cm³/mol. The first kappa shape index (κ1) is 40.4. The third-order valence-corrected chi connectivity index (χ3v) is 12.4. The predicted octanol–water partition coefficient (Wildman–Crippen LogP) is 8.02. The molecule has 2 aromatic heterocycles. The van der Waals surface area contributed by atoms with Crippen molar-refractivity contribution in [1.29, 1.82) is 0 Å². The number of methoxy groups -OCH3 is 2. The number of aryl methyl sites for hydroxylation is 1. The zero-order valence-corrected chi connectivity index (χ0v) is 35.2. The number of aromatic amines is 2. The Bertz CT molecular complexity index is 2650. The fraction of sp³-hybridized carbons (Fsp3) is 0.333. The average Bonchev–Trinajstić information content (AvgIpc) is 4.11. The van der Waals surface area contributed by atoms with Crippen LogP contribution in [0.1, 0.15) is 74.4 Å². The Hall–Kier alpha value is -6.96. The van der Waals surface area contributed by atoms with E-state index in [1.807, 2.05) is 42.0 Å². The summed E-state index contributed by atoms with van der Waals surface area (Å²) in [6, 6.07) is 27.2. The zero-order chi connectivity index (χ0) is 43.1. The number of amides is 4. The Morgan fingerprint density at radius 2 is 1.48 bits per heavy atom. The Morgan fingerprint density at radius 1 is 0.806 bits per heavy atom. The van der Waals surface area contributed by atoms with Gasteiger partial charge in [0, 0.05) is 13.0 Å². The van der Waals surface area contributed by atoms with Crippen LogP contribution in [0.3, 0.4) is 0 Å². The van der Waals surface area contributed by atoms with Crippen LogP contribution >= 0.6 is 0 Å². The largest absolute Gasteiger partial charge is 0.453 e. The first-order valence-corrected chi connectivity index (χ1v) is 21.3. The molecule has 5 heterocycles. The van der Waals surface area contributed by atoms with Gasteiger partial charge in [-0.15, -0.1) is 0 Å². The van der Waals surface area contributed by atoms with Gasteiger partial charge >= 0.3 is 12.2 Å². The number of likely N-dealkylation sites (tertiary alicyclic amines) is 1. The number of imidazole rings is 2. The van der Waals surface area contributed by atoms with Crippen molar-refractivity contribution in [2.24, 2.45) is 5.92 Å². The quantitative estimate of drug-likeness (QED) is 0.107. The van der Waals surface area contributed by atoms with Crippen molar-refractivity contribution in [3.05, 3.63) is 114 Å². The second kappa shape index (κ2) is 16.8. The van der Waals surface area contributed by atoms with E-state index >= 15 is 0 Å². The monoisotopic (exact) mass is 834 g/mol. The van der Waals surface area contributed by atoms with Crippen molar-refractivity contribution < 1.29 is 28.7 Å². The molecule has 4 amide bonds. The minimum Gasteiger partial charge on any atom is -0.453 e. The Balaban J connectivity index is 0.888. The van der Waals surface area contributed by atoms with Gasteiger partial charge in [-0.05, 0) is 89.1 Å². The molecule has 0 saturated carbocycles. The smallest absolute Gasteiger partial charge is 0.407 e. The van der Waals surface area contributed by atoms with Gasteiger partial charge in [0.25, 0.3) is 0 Å². The van der Waals surface area contributed by atoms with Crippen LogP contribution in [-0.4, -0.2) is 81.7 Å². The summed E-state index contributed by atoms with van der Waals surface area (Å²) in [5.41, 5.74) is 10.9. The number of carbonyl (C=O) groups is 4. The molecule has 62 heavy (non-hydrogen) atoms. The van der Waals surface area contributed by atoms with Crippen molar-refractivity contribution in [2.75, 3.05) is 25.7 Å². The highest BCUT2D eigenvalue weighted by molar-refractivity contribution is 6.02. The molecule has 9 rings (SSSR count). The number of rotatable bonds is 10. The lowest BCUT2D eigenvalue weighted by Gasteiger charge is -2.29. The van der Waals surface area contributed by atoms with E-state index in [1.165, 1.54) is 14.2 Å². The van der Waals surface area contributed by atoms with Gasteiger partial charge in [0.1, 0.15) is 23.7 Å². The molecule has 6 aromatic rings. The number of fused-ring (bicyclic) bond motifs is 1. The van der Waals surface area contributed by atoms with Crippen LogP contribution in [0, 0.1) is 5.92 Å². The first-order valence-electron chi connectivity index (χ1n) is 21.3. The number of H-pyrrole nitrogens is 2. The number of alkyl carbamates (subject to hydrolysis) is 2.